The van der Waals surface area contributed by atoms with Gasteiger partial charge >= 0.3 is 0 Å². The molecular formula is C21H23FN4O3S2. The van der Waals surface area contributed by atoms with Crippen molar-refractivity contribution in [1.29, 1.82) is 0 Å². The summed E-state index contributed by atoms with van der Waals surface area (Å²) < 4.78 is 43.9. The predicted octanol–water partition coefficient (Wildman–Crippen LogP) is 4.26. The maximum Gasteiger partial charge on any atom is 0.251 e. The van der Waals surface area contributed by atoms with Crippen LogP contribution in [0.4, 0.5) is 15.9 Å². The van der Waals surface area contributed by atoms with Crippen LogP contribution >= 0.6 is 11.9 Å². The van der Waals surface area contributed by atoms with Crippen molar-refractivity contribution in [3.05, 3.63) is 58.3 Å². The quantitative estimate of drug-likeness (QED) is 0.532. The molecular weight excluding hydrogens is 439 g/mol. The molecule has 0 aliphatic heterocycles. The van der Waals surface area contributed by atoms with Crippen molar-refractivity contribution in [3.8, 4) is 0 Å². The molecule has 1 aliphatic carbocycles. The average molecular weight is 463 g/mol. The van der Waals surface area contributed by atoms with Crippen LogP contribution in [0.1, 0.15) is 37.3 Å². The number of fused-ring (bicyclic) bond motifs is 1. The van der Waals surface area contributed by atoms with Gasteiger partial charge in [0.2, 0.25) is 10.0 Å². The summed E-state index contributed by atoms with van der Waals surface area (Å²) in [4.78, 5) is 16.9. The second kappa shape index (κ2) is 8.60. The summed E-state index contributed by atoms with van der Waals surface area (Å²) in [5.74, 6) is -0.604. The van der Waals surface area contributed by atoms with E-state index in [2.05, 4.69) is 14.4 Å². The molecule has 31 heavy (non-hydrogen) atoms. The molecule has 0 spiro atoms. The molecule has 2 N–H and O–H groups in total. The minimum Gasteiger partial charge on any atom is -0.337 e. The topological polar surface area (TPSA) is 93.1 Å². The molecule has 10 heteroatoms. The fraction of sp³-hybridized carbons (Fsp3) is 0.333. The first-order valence-corrected chi connectivity index (χ1v) is 12.6. The Labute approximate surface area is 184 Å². The minimum absolute atomic E-state index is 0.00853. The first-order valence-electron chi connectivity index (χ1n) is 9.94. The number of sulfonamides is 1. The van der Waals surface area contributed by atoms with Crippen LogP contribution in [0.5, 0.6) is 0 Å². The van der Waals surface area contributed by atoms with E-state index in [9.17, 15) is 13.2 Å². The SMILES string of the molecule is CSNS(=O)(=O)c1ccc(Nc2ncc3ccc(=O)n(C4CCCC4)c3c2F)c(C)c1. The van der Waals surface area contributed by atoms with Gasteiger partial charge in [-0.1, -0.05) is 24.8 Å². The zero-order valence-corrected chi connectivity index (χ0v) is 18.8. The largest absolute Gasteiger partial charge is 0.337 e. The lowest BCUT2D eigenvalue weighted by atomic mass is 10.1. The lowest BCUT2D eigenvalue weighted by Gasteiger charge is -2.18. The fourth-order valence-electron chi connectivity index (χ4n) is 4.05. The zero-order valence-electron chi connectivity index (χ0n) is 17.2. The number of pyridine rings is 2. The first-order chi connectivity index (χ1) is 14.8. The van der Waals surface area contributed by atoms with Crippen molar-refractivity contribution in [2.24, 2.45) is 0 Å². The molecule has 0 atom stereocenters. The molecule has 2 heterocycles. The summed E-state index contributed by atoms with van der Waals surface area (Å²) in [5.41, 5.74) is 1.17. The van der Waals surface area contributed by atoms with Gasteiger partial charge in [0.05, 0.1) is 10.4 Å². The lowest BCUT2D eigenvalue weighted by Crippen LogP contribution is -2.24. The highest BCUT2D eigenvalue weighted by Crippen LogP contribution is 2.33. The number of rotatable bonds is 6. The van der Waals surface area contributed by atoms with Gasteiger partial charge in [-0.3, -0.25) is 4.79 Å². The molecule has 2 aromatic heterocycles. The number of hydrogen-bond donors (Lipinski definition) is 2. The molecule has 4 rings (SSSR count). The highest BCUT2D eigenvalue weighted by Gasteiger charge is 2.23. The summed E-state index contributed by atoms with van der Waals surface area (Å²) in [7, 11) is -3.62. The monoisotopic (exact) mass is 462 g/mol. The fourth-order valence-corrected chi connectivity index (χ4v) is 5.89. The van der Waals surface area contributed by atoms with Crippen LogP contribution < -0.4 is 15.0 Å². The Morgan fingerprint density at radius 2 is 1.94 bits per heavy atom. The summed E-state index contributed by atoms with van der Waals surface area (Å²) >= 11 is 0.991. The van der Waals surface area contributed by atoms with E-state index in [-0.39, 0.29) is 27.8 Å². The third-order valence-electron chi connectivity index (χ3n) is 5.55. The average Bonchev–Trinajstić information content (AvgIpc) is 3.26. The number of nitrogens with zero attached hydrogens (tertiary/aromatic N) is 2. The van der Waals surface area contributed by atoms with Crippen LogP contribution in [-0.4, -0.2) is 24.2 Å². The molecule has 164 valence electrons. The maximum atomic E-state index is 15.6. The second-order valence-corrected chi connectivity index (χ2v) is 10.2. The summed E-state index contributed by atoms with van der Waals surface area (Å²) in [6, 6.07) is 7.56. The molecule has 0 amide bonds. The Bertz CT molecular complexity index is 1300. The van der Waals surface area contributed by atoms with E-state index in [1.807, 2.05) is 0 Å². The van der Waals surface area contributed by atoms with E-state index in [0.29, 0.717) is 16.6 Å². The van der Waals surface area contributed by atoms with Crippen LogP contribution in [-0.2, 0) is 10.0 Å². The Morgan fingerprint density at radius 3 is 2.61 bits per heavy atom. The van der Waals surface area contributed by atoms with Crippen molar-refractivity contribution in [2.45, 2.75) is 43.5 Å². The Kier molecular flexibility index (Phi) is 6.05. The van der Waals surface area contributed by atoms with Crippen LogP contribution in [0.25, 0.3) is 10.9 Å². The molecule has 0 radical (unpaired) electrons. The van der Waals surface area contributed by atoms with E-state index >= 15 is 4.39 Å². The summed E-state index contributed by atoms with van der Waals surface area (Å²) in [6.45, 7) is 1.73. The minimum atomic E-state index is -3.62. The number of hydrogen-bond acceptors (Lipinski definition) is 6. The Morgan fingerprint density at radius 1 is 1.19 bits per heavy atom. The molecule has 0 unspecified atom stereocenters. The van der Waals surface area contributed by atoms with Gasteiger partial charge in [0.25, 0.3) is 5.56 Å². The Balaban J connectivity index is 1.75. The van der Waals surface area contributed by atoms with Crippen LogP contribution in [0.3, 0.4) is 0 Å². The van der Waals surface area contributed by atoms with Gasteiger partial charge in [0.1, 0.15) is 0 Å². The smallest absolute Gasteiger partial charge is 0.251 e. The number of halogens is 1. The first kappa shape index (κ1) is 21.8. The number of anilines is 2. The van der Waals surface area contributed by atoms with Gasteiger partial charge in [-0.15, -0.1) is 0 Å². The van der Waals surface area contributed by atoms with Crippen molar-refractivity contribution < 1.29 is 12.8 Å². The summed E-state index contributed by atoms with van der Waals surface area (Å²) in [5, 5.41) is 3.52. The lowest BCUT2D eigenvalue weighted by molar-refractivity contribution is 0.508. The molecule has 1 aliphatic rings. The molecule has 1 fully saturated rings. The van der Waals surface area contributed by atoms with Gasteiger partial charge < -0.3 is 9.88 Å². The summed E-state index contributed by atoms with van der Waals surface area (Å²) in [6.07, 6.45) is 6.91. The molecule has 1 aromatic carbocycles. The van der Waals surface area contributed by atoms with Crippen molar-refractivity contribution in [1.82, 2.24) is 13.7 Å². The zero-order chi connectivity index (χ0) is 22.2. The van der Waals surface area contributed by atoms with Crippen LogP contribution in [0.15, 0.2) is 46.2 Å². The van der Waals surface area contributed by atoms with Crippen LogP contribution in [0.2, 0.25) is 0 Å². The van der Waals surface area contributed by atoms with E-state index in [1.54, 1.807) is 36.1 Å². The van der Waals surface area contributed by atoms with E-state index in [0.717, 1.165) is 37.6 Å². The van der Waals surface area contributed by atoms with E-state index < -0.39 is 15.8 Å². The van der Waals surface area contributed by atoms with Gasteiger partial charge in [-0.2, -0.15) is 4.13 Å². The third kappa shape index (κ3) is 4.19. The molecule has 0 bridgehead atoms. The second-order valence-electron chi connectivity index (χ2n) is 7.60. The Hall–Kier alpha value is -2.43. The van der Waals surface area contributed by atoms with Crippen molar-refractivity contribution in [3.63, 3.8) is 0 Å². The number of benzene rings is 1. The number of nitrogens with one attached hydrogen (secondary N) is 2. The number of aromatic nitrogens is 2. The highest BCUT2D eigenvalue weighted by molar-refractivity contribution is 8.08. The molecule has 0 saturated heterocycles. The normalized spacial score (nSPS) is 14.9. The number of aryl methyl sites for hydroxylation is 1. The highest BCUT2D eigenvalue weighted by atomic mass is 32.3. The van der Waals surface area contributed by atoms with Crippen LogP contribution in [0, 0.1) is 12.7 Å². The standard InChI is InChI=1S/C21H23FN4O3S2/c1-13-11-16(31(28,29)25-30-2)8-9-17(13)24-21-19(22)20-14(12-23-21)7-10-18(27)26(20)15-5-3-4-6-15/h7-12,15,25H,3-6H2,1-2H3,(H,23,24). The van der Waals surface area contributed by atoms with Gasteiger partial charge in [0, 0.05) is 29.4 Å². The van der Waals surface area contributed by atoms with Gasteiger partial charge in [-0.25, -0.2) is 17.8 Å². The van der Waals surface area contributed by atoms with E-state index in [1.165, 1.54) is 18.2 Å². The predicted molar refractivity (Wildman–Crippen MR) is 122 cm³/mol. The molecule has 7 nitrogen and oxygen atoms in total. The van der Waals surface area contributed by atoms with Gasteiger partial charge in [-0.05, 0) is 55.9 Å². The maximum absolute atomic E-state index is 15.6. The molecule has 3 aromatic rings. The molecule has 1 saturated carbocycles. The van der Waals surface area contributed by atoms with Crippen molar-refractivity contribution in [2.75, 3.05) is 11.6 Å². The van der Waals surface area contributed by atoms with Gasteiger partial charge in [0.15, 0.2) is 11.6 Å². The third-order valence-corrected chi connectivity index (χ3v) is 7.97. The van der Waals surface area contributed by atoms with E-state index in [4.69, 9.17) is 0 Å². The van der Waals surface area contributed by atoms with Crippen molar-refractivity contribution >= 4 is 44.4 Å².